The molecule has 1 aliphatic carbocycles. The van der Waals surface area contributed by atoms with Crippen molar-refractivity contribution in [1.29, 1.82) is 0 Å². The van der Waals surface area contributed by atoms with Crippen LogP contribution in [0.3, 0.4) is 0 Å². The first-order valence-corrected chi connectivity index (χ1v) is 15.8. The Labute approximate surface area is 257 Å². The monoisotopic (exact) mass is 606 g/mol. The summed E-state index contributed by atoms with van der Waals surface area (Å²) in [6.07, 6.45) is 8.25. The van der Waals surface area contributed by atoms with Crippen molar-refractivity contribution in [2.24, 2.45) is 17.8 Å². The number of carbonyl (C=O) groups is 1. The Morgan fingerprint density at radius 1 is 1.00 bits per heavy atom. The largest absolute Gasteiger partial charge is 0.477 e. The number of hydrogen-bond acceptors (Lipinski definition) is 5. The number of aryl methyl sites for hydroxylation is 1. The van der Waals surface area contributed by atoms with Crippen molar-refractivity contribution in [2.45, 2.75) is 39.7 Å². The molecule has 6 rings (SSSR count). The topological polar surface area (TPSA) is 69.0 Å². The summed E-state index contributed by atoms with van der Waals surface area (Å²) in [6.45, 7) is 12.3. The van der Waals surface area contributed by atoms with E-state index in [1.54, 1.807) is 0 Å². The fraction of sp³-hybridized carbons (Fsp3) is 0.471. The van der Waals surface area contributed by atoms with E-state index in [0.717, 1.165) is 25.3 Å². The molecule has 1 N–H and O–H groups in total. The minimum atomic E-state index is -1.33. The van der Waals surface area contributed by atoms with Gasteiger partial charge in [-0.25, -0.2) is 9.18 Å². The normalized spacial score (nSPS) is 24.7. The molecular formula is C34H40ClFN4O3. The van der Waals surface area contributed by atoms with Crippen LogP contribution >= 0.6 is 11.6 Å². The predicted molar refractivity (Wildman–Crippen MR) is 171 cm³/mol. The standard InChI is InChI=1S/C34H40ClFN4O3/c1-21-8-4-5-9-28(21)38-14-16-39(17-15-38)32-27(36)18-25-31(30(32)35)40(20-26(33(25)41)34(42)43)29-11-10-24(22(2)23(29)3)19-37-12-6-7-13-37/h4-5,8-11,18,20,22-24,29H,6-7,12-17,19H2,1-3H3,(H,42,43). The predicted octanol–water partition coefficient (Wildman–Crippen LogP) is 6.22. The Bertz CT molecular complexity index is 1620. The molecule has 7 nitrogen and oxygen atoms in total. The summed E-state index contributed by atoms with van der Waals surface area (Å²) >= 11 is 7.08. The molecule has 2 aliphatic heterocycles. The Kier molecular flexibility index (Phi) is 8.26. The van der Waals surface area contributed by atoms with Crippen LogP contribution in [0.25, 0.3) is 10.9 Å². The van der Waals surface area contributed by atoms with Crippen molar-refractivity contribution in [3.05, 3.63) is 80.9 Å². The Morgan fingerprint density at radius 2 is 1.67 bits per heavy atom. The number of likely N-dealkylation sites (tertiary alicyclic amines) is 1. The number of anilines is 2. The van der Waals surface area contributed by atoms with Gasteiger partial charge >= 0.3 is 5.97 Å². The molecule has 3 heterocycles. The van der Waals surface area contributed by atoms with Crippen LogP contribution in [-0.4, -0.2) is 66.4 Å². The zero-order chi connectivity index (χ0) is 30.4. The molecule has 9 heteroatoms. The second kappa shape index (κ2) is 12.0. The molecule has 228 valence electrons. The lowest BCUT2D eigenvalue weighted by Crippen LogP contribution is -2.47. The van der Waals surface area contributed by atoms with Crippen LogP contribution < -0.4 is 15.2 Å². The maximum absolute atomic E-state index is 15.9. The van der Waals surface area contributed by atoms with Crippen molar-refractivity contribution < 1.29 is 14.3 Å². The molecule has 3 aliphatic rings. The molecule has 43 heavy (non-hydrogen) atoms. The molecule has 3 aromatic rings. The van der Waals surface area contributed by atoms with E-state index in [9.17, 15) is 14.7 Å². The van der Waals surface area contributed by atoms with Crippen molar-refractivity contribution in [2.75, 3.05) is 55.6 Å². The van der Waals surface area contributed by atoms with Crippen LogP contribution in [-0.2, 0) is 0 Å². The second-order valence-electron chi connectivity index (χ2n) is 12.5. The van der Waals surface area contributed by atoms with E-state index in [2.05, 4.69) is 54.9 Å². The maximum atomic E-state index is 15.9. The fourth-order valence-corrected chi connectivity index (χ4v) is 7.75. The summed E-state index contributed by atoms with van der Waals surface area (Å²) in [6, 6.07) is 9.18. The van der Waals surface area contributed by atoms with E-state index in [1.165, 1.54) is 30.7 Å². The van der Waals surface area contributed by atoms with Gasteiger partial charge in [-0.15, -0.1) is 0 Å². The van der Waals surface area contributed by atoms with Gasteiger partial charge in [0.15, 0.2) is 0 Å². The van der Waals surface area contributed by atoms with E-state index >= 15 is 4.39 Å². The summed E-state index contributed by atoms with van der Waals surface area (Å²) in [7, 11) is 0. The SMILES string of the molecule is Cc1ccccc1N1CCN(c2c(F)cc3c(=O)c(C(=O)O)cn(C4C=CC(CN5CCCC5)C(C)C4C)c3c2Cl)CC1. The molecule has 2 fully saturated rings. The summed E-state index contributed by atoms with van der Waals surface area (Å²) in [5.41, 5.74) is 1.91. The number of rotatable bonds is 6. The number of carboxylic acids is 1. The zero-order valence-electron chi connectivity index (χ0n) is 25.1. The number of hydrogen-bond donors (Lipinski definition) is 1. The van der Waals surface area contributed by atoms with E-state index in [4.69, 9.17) is 11.6 Å². The number of piperazine rings is 1. The third-order valence-electron chi connectivity index (χ3n) is 10.1. The molecule has 1 aromatic heterocycles. The molecule has 4 atom stereocenters. The van der Waals surface area contributed by atoms with Crippen LogP contribution in [0.5, 0.6) is 0 Å². The van der Waals surface area contributed by atoms with E-state index in [0.29, 0.717) is 43.5 Å². The number of nitrogens with zero attached hydrogens (tertiary/aromatic N) is 4. The molecule has 0 bridgehead atoms. The van der Waals surface area contributed by atoms with Crippen molar-refractivity contribution in [1.82, 2.24) is 9.47 Å². The van der Waals surface area contributed by atoms with Crippen molar-refractivity contribution in [3.8, 4) is 0 Å². The maximum Gasteiger partial charge on any atom is 0.341 e. The van der Waals surface area contributed by atoms with Gasteiger partial charge in [0.2, 0.25) is 5.43 Å². The van der Waals surface area contributed by atoms with Gasteiger partial charge in [-0.3, -0.25) is 4.79 Å². The lowest BCUT2D eigenvalue weighted by molar-refractivity contribution is 0.0694. The van der Waals surface area contributed by atoms with Gasteiger partial charge in [-0.05, 0) is 68.3 Å². The third-order valence-corrected chi connectivity index (χ3v) is 10.4. The van der Waals surface area contributed by atoms with Gasteiger partial charge in [-0.1, -0.05) is 55.8 Å². The zero-order valence-corrected chi connectivity index (χ0v) is 25.9. The molecular weight excluding hydrogens is 567 g/mol. The van der Waals surface area contributed by atoms with Crippen LogP contribution in [0.4, 0.5) is 15.8 Å². The summed E-state index contributed by atoms with van der Waals surface area (Å²) in [5.74, 6) is -1.12. The van der Waals surface area contributed by atoms with Crippen molar-refractivity contribution >= 4 is 39.8 Å². The van der Waals surface area contributed by atoms with E-state index in [1.807, 2.05) is 21.6 Å². The van der Waals surface area contributed by atoms with Gasteiger partial charge in [0.05, 0.1) is 27.7 Å². The summed E-state index contributed by atoms with van der Waals surface area (Å²) in [5, 5.41) is 10.1. The highest BCUT2D eigenvalue weighted by atomic mass is 35.5. The van der Waals surface area contributed by atoms with Crippen LogP contribution in [0, 0.1) is 30.5 Å². The molecule has 0 saturated carbocycles. The quantitative estimate of drug-likeness (QED) is 0.336. The first kappa shape index (κ1) is 29.7. The van der Waals surface area contributed by atoms with Crippen molar-refractivity contribution in [3.63, 3.8) is 0 Å². The number of benzene rings is 2. The van der Waals surface area contributed by atoms with Crippen LogP contribution in [0.2, 0.25) is 5.02 Å². The highest BCUT2D eigenvalue weighted by Gasteiger charge is 2.35. The Hall–Kier alpha value is -3.36. The van der Waals surface area contributed by atoms with Gasteiger partial charge in [0.25, 0.3) is 0 Å². The number of aromatic nitrogens is 1. The Balaban J connectivity index is 1.39. The Morgan fingerprint density at radius 3 is 2.35 bits per heavy atom. The lowest BCUT2D eigenvalue weighted by Gasteiger charge is -2.40. The minimum absolute atomic E-state index is 0.00265. The minimum Gasteiger partial charge on any atom is -0.477 e. The second-order valence-corrected chi connectivity index (χ2v) is 12.9. The third kappa shape index (κ3) is 5.44. The number of aromatic carboxylic acids is 1. The van der Waals surface area contributed by atoms with Gasteiger partial charge in [0, 0.05) is 44.6 Å². The first-order chi connectivity index (χ1) is 20.7. The molecule has 0 spiro atoms. The average Bonchev–Trinajstić information content (AvgIpc) is 3.50. The highest BCUT2D eigenvalue weighted by molar-refractivity contribution is 6.38. The summed E-state index contributed by atoms with van der Waals surface area (Å²) in [4.78, 5) is 32.3. The van der Waals surface area contributed by atoms with Gasteiger partial charge in [-0.2, -0.15) is 0 Å². The molecule has 2 saturated heterocycles. The number of pyridine rings is 1. The summed E-state index contributed by atoms with van der Waals surface area (Å²) < 4.78 is 17.7. The van der Waals surface area contributed by atoms with Gasteiger partial charge < -0.3 is 24.4 Å². The fourth-order valence-electron chi connectivity index (χ4n) is 7.34. The number of para-hydroxylation sites is 1. The molecule has 2 aromatic carbocycles. The molecule has 0 radical (unpaired) electrons. The van der Waals surface area contributed by atoms with Crippen LogP contribution in [0.15, 0.2) is 53.5 Å². The first-order valence-electron chi connectivity index (χ1n) is 15.4. The molecule has 4 unspecified atom stereocenters. The van der Waals surface area contributed by atoms with Crippen LogP contribution in [0.1, 0.15) is 48.7 Å². The highest BCUT2D eigenvalue weighted by Crippen LogP contribution is 2.42. The van der Waals surface area contributed by atoms with E-state index < -0.39 is 17.2 Å². The molecule has 0 amide bonds. The average molecular weight is 607 g/mol. The number of fused-ring (bicyclic) bond motifs is 1. The van der Waals surface area contributed by atoms with E-state index in [-0.39, 0.29) is 33.6 Å². The number of allylic oxidation sites excluding steroid dienone is 1. The van der Waals surface area contributed by atoms with Gasteiger partial charge in [0.1, 0.15) is 11.4 Å². The number of halogens is 2. The lowest BCUT2D eigenvalue weighted by atomic mass is 9.75. The smallest absolute Gasteiger partial charge is 0.341 e. The number of carboxylic acid groups (broad SMARTS) is 1.